The van der Waals surface area contributed by atoms with Crippen LogP contribution in [0.1, 0.15) is 50.6 Å². The molecule has 1 amide bonds. The molecular weight excluding hydrogens is 388 g/mol. The minimum Gasteiger partial charge on any atom is -0.361 e. The number of nitrogens with zero attached hydrogens (tertiary/aromatic N) is 2. The Hall–Kier alpha value is -2.92. The number of fused-ring (bicyclic) bond motifs is 1. The summed E-state index contributed by atoms with van der Waals surface area (Å²) in [6.45, 7) is 2.45. The van der Waals surface area contributed by atoms with Crippen LogP contribution in [0.15, 0.2) is 53.1 Å². The van der Waals surface area contributed by atoms with Gasteiger partial charge in [0.25, 0.3) is 5.91 Å². The Bertz CT molecular complexity index is 1070. The Morgan fingerprint density at radius 1 is 1.17 bits per heavy atom. The Balaban J connectivity index is 1.49. The van der Waals surface area contributed by atoms with Crippen molar-refractivity contribution < 1.29 is 14.1 Å². The van der Waals surface area contributed by atoms with Crippen LogP contribution in [0.5, 0.6) is 0 Å². The fraction of sp³-hybridized carbons (Fsp3) is 0.261. The van der Waals surface area contributed by atoms with Crippen molar-refractivity contribution in [1.29, 1.82) is 0 Å². The standard InChI is InChI=1S/C23H21ClN2O3/c1-15-12-20(25-29-15)22(27)10-8-16-7-9-21-17(13-16)5-3-11-26(21)23(28)18-4-2-6-19(24)14-18/h2,4,6-7,9,12-14H,3,5,8,10-11H2,1H3. The molecule has 1 aliphatic rings. The number of halogens is 1. The van der Waals surface area contributed by atoms with E-state index in [0.29, 0.717) is 41.4 Å². The highest BCUT2D eigenvalue weighted by atomic mass is 35.5. The van der Waals surface area contributed by atoms with Gasteiger partial charge in [-0.1, -0.05) is 35.0 Å². The van der Waals surface area contributed by atoms with E-state index < -0.39 is 0 Å². The lowest BCUT2D eigenvalue weighted by Crippen LogP contribution is -2.35. The minimum absolute atomic E-state index is 0.0302. The average molecular weight is 409 g/mol. The van der Waals surface area contributed by atoms with Crippen LogP contribution in [0.3, 0.4) is 0 Å². The second kappa shape index (κ2) is 8.21. The maximum atomic E-state index is 13.0. The number of rotatable bonds is 5. The molecule has 0 saturated heterocycles. The molecule has 4 rings (SSSR count). The van der Waals surface area contributed by atoms with Crippen molar-refractivity contribution in [2.24, 2.45) is 0 Å². The molecule has 0 unspecified atom stereocenters. The topological polar surface area (TPSA) is 63.4 Å². The van der Waals surface area contributed by atoms with E-state index in [1.165, 1.54) is 0 Å². The Labute approximate surface area is 174 Å². The quantitative estimate of drug-likeness (QED) is 0.554. The second-order valence-corrected chi connectivity index (χ2v) is 7.72. The molecule has 2 aromatic carbocycles. The van der Waals surface area contributed by atoms with Gasteiger partial charge in [0.15, 0.2) is 5.78 Å². The Kier molecular flexibility index (Phi) is 5.49. The van der Waals surface area contributed by atoms with Crippen molar-refractivity contribution in [3.8, 4) is 0 Å². The predicted octanol–water partition coefficient (Wildman–Crippen LogP) is 5.04. The van der Waals surface area contributed by atoms with Crippen molar-refractivity contribution in [2.45, 2.75) is 32.6 Å². The zero-order chi connectivity index (χ0) is 20.4. The first kappa shape index (κ1) is 19.4. The van der Waals surface area contributed by atoms with Crippen molar-refractivity contribution in [3.05, 3.63) is 81.7 Å². The molecule has 0 atom stereocenters. The minimum atomic E-state index is -0.0437. The number of ketones is 1. The van der Waals surface area contributed by atoms with Crippen LogP contribution in [0.4, 0.5) is 5.69 Å². The summed E-state index contributed by atoms with van der Waals surface area (Å²) in [6.07, 6.45) is 2.81. The first-order valence-electron chi connectivity index (χ1n) is 9.67. The van der Waals surface area contributed by atoms with Crippen LogP contribution in [0.2, 0.25) is 5.02 Å². The number of benzene rings is 2. The number of carbonyl (C=O) groups is 2. The molecule has 0 fully saturated rings. The molecule has 3 aromatic rings. The van der Waals surface area contributed by atoms with Gasteiger partial charge in [0.2, 0.25) is 0 Å². The normalized spacial score (nSPS) is 13.2. The summed E-state index contributed by atoms with van der Waals surface area (Å²) in [4.78, 5) is 27.1. The lowest BCUT2D eigenvalue weighted by Gasteiger charge is -2.30. The SMILES string of the molecule is Cc1cc(C(=O)CCc2ccc3c(c2)CCCN3C(=O)c2cccc(Cl)c2)no1. The monoisotopic (exact) mass is 408 g/mol. The molecule has 0 bridgehead atoms. The van der Waals surface area contributed by atoms with E-state index in [0.717, 1.165) is 29.7 Å². The summed E-state index contributed by atoms with van der Waals surface area (Å²) in [5, 5.41) is 4.34. The third kappa shape index (κ3) is 4.25. The highest BCUT2D eigenvalue weighted by Crippen LogP contribution is 2.30. The number of aromatic nitrogens is 1. The summed E-state index contributed by atoms with van der Waals surface area (Å²) >= 11 is 6.05. The lowest BCUT2D eigenvalue weighted by atomic mass is 9.96. The highest BCUT2D eigenvalue weighted by molar-refractivity contribution is 6.31. The molecule has 5 nitrogen and oxygen atoms in total. The van der Waals surface area contributed by atoms with Crippen LogP contribution >= 0.6 is 11.6 Å². The third-order valence-electron chi connectivity index (χ3n) is 5.13. The largest absolute Gasteiger partial charge is 0.361 e. The van der Waals surface area contributed by atoms with Gasteiger partial charge in [-0.3, -0.25) is 9.59 Å². The smallest absolute Gasteiger partial charge is 0.258 e. The average Bonchev–Trinajstić information content (AvgIpc) is 3.17. The first-order valence-corrected chi connectivity index (χ1v) is 10.0. The van der Waals surface area contributed by atoms with Gasteiger partial charge in [-0.15, -0.1) is 0 Å². The molecule has 0 saturated carbocycles. The van der Waals surface area contributed by atoms with E-state index in [1.807, 2.05) is 17.0 Å². The van der Waals surface area contributed by atoms with Crippen LogP contribution in [-0.2, 0) is 12.8 Å². The molecule has 1 aromatic heterocycles. The molecule has 0 spiro atoms. The molecule has 0 aliphatic carbocycles. The van der Waals surface area contributed by atoms with Crippen LogP contribution < -0.4 is 4.90 Å². The van der Waals surface area contributed by atoms with Crippen molar-refractivity contribution >= 4 is 29.0 Å². The van der Waals surface area contributed by atoms with Crippen LogP contribution in [0.25, 0.3) is 0 Å². The van der Waals surface area contributed by atoms with Gasteiger partial charge in [-0.05, 0) is 61.6 Å². The summed E-state index contributed by atoms with van der Waals surface area (Å²) in [5.41, 5.74) is 4.10. The van der Waals surface area contributed by atoms with Crippen molar-refractivity contribution in [1.82, 2.24) is 5.16 Å². The fourth-order valence-electron chi connectivity index (χ4n) is 3.68. The fourth-order valence-corrected chi connectivity index (χ4v) is 3.87. The van der Waals surface area contributed by atoms with Crippen molar-refractivity contribution in [3.63, 3.8) is 0 Å². The van der Waals surface area contributed by atoms with E-state index in [9.17, 15) is 9.59 Å². The van der Waals surface area contributed by atoms with E-state index in [4.69, 9.17) is 16.1 Å². The maximum Gasteiger partial charge on any atom is 0.258 e. The van der Waals surface area contributed by atoms with Gasteiger partial charge in [-0.2, -0.15) is 0 Å². The number of amides is 1. The molecule has 0 radical (unpaired) electrons. The summed E-state index contributed by atoms with van der Waals surface area (Å²) in [7, 11) is 0. The molecule has 0 N–H and O–H groups in total. The highest BCUT2D eigenvalue weighted by Gasteiger charge is 2.24. The van der Waals surface area contributed by atoms with E-state index in [2.05, 4.69) is 11.2 Å². The van der Waals surface area contributed by atoms with Crippen molar-refractivity contribution in [2.75, 3.05) is 11.4 Å². The van der Waals surface area contributed by atoms with Gasteiger partial charge in [0, 0.05) is 35.3 Å². The van der Waals surface area contributed by atoms with Gasteiger partial charge in [-0.25, -0.2) is 0 Å². The zero-order valence-electron chi connectivity index (χ0n) is 16.2. The Morgan fingerprint density at radius 3 is 2.79 bits per heavy atom. The molecule has 6 heteroatoms. The summed E-state index contributed by atoms with van der Waals surface area (Å²) < 4.78 is 4.97. The number of hydrogen-bond acceptors (Lipinski definition) is 4. The van der Waals surface area contributed by atoms with Gasteiger partial charge in [0.1, 0.15) is 11.5 Å². The second-order valence-electron chi connectivity index (χ2n) is 7.28. The molecule has 29 heavy (non-hydrogen) atoms. The van der Waals surface area contributed by atoms with Gasteiger partial charge < -0.3 is 9.42 Å². The third-order valence-corrected chi connectivity index (χ3v) is 5.37. The van der Waals surface area contributed by atoms with Crippen LogP contribution in [0, 0.1) is 6.92 Å². The number of Topliss-reactive ketones (excluding diaryl/α,β-unsaturated/α-hetero) is 1. The number of carbonyl (C=O) groups excluding carboxylic acids is 2. The van der Waals surface area contributed by atoms with Crippen LogP contribution in [-0.4, -0.2) is 23.4 Å². The van der Waals surface area contributed by atoms with Gasteiger partial charge in [0.05, 0.1) is 0 Å². The van der Waals surface area contributed by atoms with E-state index in [1.54, 1.807) is 37.3 Å². The molecule has 148 valence electrons. The zero-order valence-corrected chi connectivity index (χ0v) is 16.9. The number of hydrogen-bond donors (Lipinski definition) is 0. The number of aryl methyl sites for hydroxylation is 3. The summed E-state index contributed by atoms with van der Waals surface area (Å²) in [6, 6.07) is 14.8. The summed E-state index contributed by atoms with van der Waals surface area (Å²) in [5.74, 6) is 0.557. The molecule has 2 heterocycles. The predicted molar refractivity (Wildman–Crippen MR) is 112 cm³/mol. The van der Waals surface area contributed by atoms with E-state index >= 15 is 0 Å². The maximum absolute atomic E-state index is 13.0. The molecule has 1 aliphatic heterocycles. The van der Waals surface area contributed by atoms with E-state index in [-0.39, 0.29) is 11.7 Å². The van der Waals surface area contributed by atoms with Gasteiger partial charge >= 0.3 is 0 Å². The molecular formula is C23H21ClN2O3. The Morgan fingerprint density at radius 2 is 2.03 bits per heavy atom. The number of anilines is 1. The lowest BCUT2D eigenvalue weighted by molar-refractivity contribution is 0.0970. The first-order chi connectivity index (χ1) is 14.0.